The second kappa shape index (κ2) is 8.34. The lowest BCUT2D eigenvalue weighted by molar-refractivity contribution is 0.101. The molecule has 140 valence electrons. The summed E-state index contributed by atoms with van der Waals surface area (Å²) in [5.41, 5.74) is 7.31. The van der Waals surface area contributed by atoms with E-state index in [2.05, 4.69) is 20.4 Å². The fourth-order valence-electron chi connectivity index (χ4n) is 2.41. The van der Waals surface area contributed by atoms with Gasteiger partial charge in [0.15, 0.2) is 11.6 Å². The van der Waals surface area contributed by atoms with Crippen LogP contribution in [-0.2, 0) is 11.3 Å². The molecule has 0 aliphatic rings. The number of nitrogens with one attached hydrogen (secondary N) is 1. The van der Waals surface area contributed by atoms with Gasteiger partial charge in [-0.2, -0.15) is 5.10 Å². The number of carbonyl (C=O) groups excluding carboxylic acids is 1. The number of methoxy groups -OCH3 is 1. The van der Waals surface area contributed by atoms with Gasteiger partial charge in [0, 0.05) is 23.9 Å². The molecule has 0 aliphatic carbocycles. The van der Waals surface area contributed by atoms with E-state index in [4.69, 9.17) is 33.7 Å². The number of halogens is 2. The quantitative estimate of drug-likeness (QED) is 0.650. The molecule has 3 N–H and O–H groups in total. The molecule has 3 rings (SSSR count). The first-order valence-electron chi connectivity index (χ1n) is 7.89. The minimum absolute atomic E-state index is 0.116. The number of anilines is 2. The molecular weight excluding hydrogens is 391 g/mol. The molecule has 27 heavy (non-hydrogen) atoms. The highest BCUT2D eigenvalue weighted by Crippen LogP contribution is 2.32. The standard InChI is InChI=1S/C17H16Cl2N6O2/c1-27-7-6-25-13(4-5-22-25)17(26)24-14-9-21-15(16(20)23-14)11-8-10(18)2-3-12(11)19/h2-5,8-9H,6-7H2,1H3,(H3,20,23,24,26). The van der Waals surface area contributed by atoms with E-state index < -0.39 is 0 Å². The number of carbonyl (C=O) groups is 1. The van der Waals surface area contributed by atoms with Crippen molar-refractivity contribution in [2.24, 2.45) is 0 Å². The SMILES string of the molecule is COCCn1nccc1C(=O)Nc1cnc(-c2cc(Cl)ccc2Cl)c(N)n1. The van der Waals surface area contributed by atoms with Crippen LogP contribution >= 0.6 is 23.2 Å². The van der Waals surface area contributed by atoms with Crippen LogP contribution < -0.4 is 11.1 Å². The number of nitrogens with zero attached hydrogens (tertiary/aromatic N) is 4. The molecule has 1 aromatic carbocycles. The maximum absolute atomic E-state index is 12.5. The van der Waals surface area contributed by atoms with Crippen molar-refractivity contribution in [3.05, 3.63) is 52.4 Å². The molecule has 10 heteroatoms. The lowest BCUT2D eigenvalue weighted by Gasteiger charge is -2.10. The van der Waals surface area contributed by atoms with Crippen LogP contribution in [0.4, 0.5) is 11.6 Å². The van der Waals surface area contributed by atoms with E-state index in [9.17, 15) is 4.79 Å². The number of benzene rings is 1. The first-order valence-corrected chi connectivity index (χ1v) is 8.65. The summed E-state index contributed by atoms with van der Waals surface area (Å²) in [5, 5.41) is 7.69. The van der Waals surface area contributed by atoms with Crippen LogP contribution in [-0.4, -0.2) is 39.4 Å². The Balaban J connectivity index is 1.81. The zero-order valence-corrected chi connectivity index (χ0v) is 15.8. The number of nitrogen functional groups attached to an aromatic ring is 1. The number of amides is 1. The lowest BCUT2D eigenvalue weighted by atomic mass is 10.1. The molecule has 0 radical (unpaired) electrons. The highest BCUT2D eigenvalue weighted by molar-refractivity contribution is 6.35. The lowest BCUT2D eigenvalue weighted by Crippen LogP contribution is -2.20. The summed E-state index contributed by atoms with van der Waals surface area (Å²) in [6, 6.07) is 6.56. The van der Waals surface area contributed by atoms with E-state index in [-0.39, 0.29) is 17.5 Å². The Hall–Kier alpha value is -2.68. The third-order valence-electron chi connectivity index (χ3n) is 3.68. The van der Waals surface area contributed by atoms with Gasteiger partial charge in [0.2, 0.25) is 0 Å². The van der Waals surface area contributed by atoms with Crippen molar-refractivity contribution in [1.29, 1.82) is 0 Å². The van der Waals surface area contributed by atoms with E-state index in [1.165, 1.54) is 17.1 Å². The molecule has 1 amide bonds. The largest absolute Gasteiger partial charge is 0.383 e. The van der Waals surface area contributed by atoms with Gasteiger partial charge in [-0.05, 0) is 24.3 Å². The number of aromatic nitrogens is 4. The van der Waals surface area contributed by atoms with Crippen molar-refractivity contribution in [2.75, 3.05) is 24.8 Å². The van der Waals surface area contributed by atoms with E-state index >= 15 is 0 Å². The first-order chi connectivity index (χ1) is 13.0. The van der Waals surface area contributed by atoms with Crippen LogP contribution in [0.25, 0.3) is 11.3 Å². The fourth-order valence-corrected chi connectivity index (χ4v) is 2.79. The predicted molar refractivity (Wildman–Crippen MR) is 104 cm³/mol. The molecule has 0 atom stereocenters. The van der Waals surface area contributed by atoms with Gasteiger partial charge in [-0.25, -0.2) is 9.97 Å². The number of nitrogens with two attached hydrogens (primary N) is 1. The van der Waals surface area contributed by atoms with Crippen LogP contribution in [0.3, 0.4) is 0 Å². The third-order valence-corrected chi connectivity index (χ3v) is 4.25. The Labute approximate surface area is 165 Å². The van der Waals surface area contributed by atoms with Gasteiger partial charge in [0.05, 0.1) is 24.4 Å². The van der Waals surface area contributed by atoms with Crippen molar-refractivity contribution in [2.45, 2.75) is 6.54 Å². The summed E-state index contributed by atoms with van der Waals surface area (Å²) in [5.74, 6) is -0.0606. The van der Waals surface area contributed by atoms with Crippen molar-refractivity contribution >= 4 is 40.7 Å². The van der Waals surface area contributed by atoms with Crippen LogP contribution in [0.2, 0.25) is 10.0 Å². The Morgan fingerprint density at radius 2 is 2.15 bits per heavy atom. The molecule has 0 aliphatic heterocycles. The molecule has 0 fully saturated rings. The maximum Gasteiger partial charge on any atom is 0.275 e. The van der Waals surface area contributed by atoms with Gasteiger partial charge in [-0.15, -0.1) is 0 Å². The maximum atomic E-state index is 12.5. The summed E-state index contributed by atoms with van der Waals surface area (Å²) in [4.78, 5) is 20.9. The number of rotatable bonds is 6. The summed E-state index contributed by atoms with van der Waals surface area (Å²) >= 11 is 12.2. The summed E-state index contributed by atoms with van der Waals surface area (Å²) in [7, 11) is 1.58. The topological polar surface area (TPSA) is 108 Å². The minimum Gasteiger partial charge on any atom is -0.383 e. The van der Waals surface area contributed by atoms with Gasteiger partial charge in [0.1, 0.15) is 11.4 Å². The smallest absolute Gasteiger partial charge is 0.275 e. The molecule has 0 unspecified atom stereocenters. The van der Waals surface area contributed by atoms with E-state index in [0.717, 1.165) is 0 Å². The Bertz CT molecular complexity index is 976. The monoisotopic (exact) mass is 406 g/mol. The molecule has 2 heterocycles. The number of hydrogen-bond acceptors (Lipinski definition) is 6. The van der Waals surface area contributed by atoms with Crippen LogP contribution in [0.1, 0.15) is 10.5 Å². The average molecular weight is 407 g/mol. The molecular formula is C17H16Cl2N6O2. The fraction of sp³-hybridized carbons (Fsp3) is 0.176. The second-order valence-corrected chi connectivity index (χ2v) is 6.34. The minimum atomic E-state index is -0.383. The summed E-state index contributed by atoms with van der Waals surface area (Å²) in [6.07, 6.45) is 2.94. The Kier molecular flexibility index (Phi) is 5.90. The second-order valence-electron chi connectivity index (χ2n) is 5.50. The number of ether oxygens (including phenoxy) is 1. The normalized spacial score (nSPS) is 10.8. The Morgan fingerprint density at radius 1 is 1.33 bits per heavy atom. The average Bonchev–Trinajstić information content (AvgIpc) is 3.11. The molecule has 8 nitrogen and oxygen atoms in total. The third kappa shape index (κ3) is 4.36. The van der Waals surface area contributed by atoms with Gasteiger partial charge in [0.25, 0.3) is 5.91 Å². The zero-order valence-electron chi connectivity index (χ0n) is 14.3. The van der Waals surface area contributed by atoms with Crippen LogP contribution in [0, 0.1) is 0 Å². The van der Waals surface area contributed by atoms with E-state index in [0.29, 0.717) is 40.1 Å². The molecule has 3 aromatic rings. The van der Waals surface area contributed by atoms with Gasteiger partial charge in [-0.1, -0.05) is 23.2 Å². The van der Waals surface area contributed by atoms with Crippen molar-refractivity contribution < 1.29 is 9.53 Å². The van der Waals surface area contributed by atoms with Crippen molar-refractivity contribution in [3.8, 4) is 11.3 Å². The first kappa shape index (κ1) is 19.1. The highest BCUT2D eigenvalue weighted by Gasteiger charge is 2.15. The van der Waals surface area contributed by atoms with Crippen molar-refractivity contribution in [3.63, 3.8) is 0 Å². The van der Waals surface area contributed by atoms with Crippen LogP contribution in [0.5, 0.6) is 0 Å². The summed E-state index contributed by atoms with van der Waals surface area (Å²) < 4.78 is 6.54. The zero-order chi connectivity index (χ0) is 19.4. The molecule has 0 saturated carbocycles. The molecule has 0 spiro atoms. The van der Waals surface area contributed by atoms with Gasteiger partial charge < -0.3 is 15.8 Å². The van der Waals surface area contributed by atoms with E-state index in [1.807, 2.05) is 0 Å². The van der Waals surface area contributed by atoms with Gasteiger partial charge in [-0.3, -0.25) is 9.48 Å². The van der Waals surface area contributed by atoms with Crippen molar-refractivity contribution in [1.82, 2.24) is 19.7 Å². The van der Waals surface area contributed by atoms with Gasteiger partial charge >= 0.3 is 0 Å². The highest BCUT2D eigenvalue weighted by atomic mass is 35.5. The molecule has 0 bridgehead atoms. The summed E-state index contributed by atoms with van der Waals surface area (Å²) in [6.45, 7) is 0.885. The van der Waals surface area contributed by atoms with E-state index in [1.54, 1.807) is 31.4 Å². The Morgan fingerprint density at radius 3 is 2.89 bits per heavy atom. The predicted octanol–water partition coefficient (Wildman–Crippen LogP) is 3.13. The molecule has 2 aromatic heterocycles. The number of hydrogen-bond donors (Lipinski definition) is 2. The van der Waals surface area contributed by atoms with Crippen LogP contribution in [0.15, 0.2) is 36.7 Å². The molecule has 0 saturated heterocycles.